The van der Waals surface area contributed by atoms with E-state index in [1.54, 1.807) is 6.07 Å². The maximum atomic E-state index is 12.7. The van der Waals surface area contributed by atoms with Crippen molar-refractivity contribution in [3.05, 3.63) is 47.3 Å². The summed E-state index contributed by atoms with van der Waals surface area (Å²) in [5.74, 6) is 2.72. The number of benzene rings is 2. The highest BCUT2D eigenvalue weighted by Crippen LogP contribution is 2.56. The quantitative estimate of drug-likeness (QED) is 0.101. The summed E-state index contributed by atoms with van der Waals surface area (Å²) >= 11 is 5.86. The van der Waals surface area contributed by atoms with Crippen molar-refractivity contribution in [2.75, 3.05) is 25.3 Å². The number of phenolic OH excluding ortho intramolecular Hbond substituents is 1. The van der Waals surface area contributed by atoms with Crippen molar-refractivity contribution < 1.29 is 22.9 Å². The van der Waals surface area contributed by atoms with Gasteiger partial charge in [-0.25, -0.2) is 17.4 Å². The van der Waals surface area contributed by atoms with Crippen LogP contribution >= 0.6 is 11.6 Å². The SMILES string of the molecule is CN(C)S(=O)(=O)c1ccc(NCc2cn(C[C@@H]3CC[C@@H]4[C@@H](C3)c3c(O)cc(C(C)(C)CCCCCCCl)cc3OC4(C)C)nn2)c2nonc12. The van der Waals surface area contributed by atoms with Gasteiger partial charge >= 0.3 is 0 Å². The number of aromatic hydroxyl groups is 1. The summed E-state index contributed by atoms with van der Waals surface area (Å²) in [5.41, 5.74) is 3.45. The third-order valence-electron chi connectivity index (χ3n) is 10.8. The molecule has 272 valence electrons. The first kappa shape index (κ1) is 36.4. The van der Waals surface area contributed by atoms with Crippen molar-refractivity contribution >= 4 is 38.3 Å². The van der Waals surface area contributed by atoms with Gasteiger partial charge in [0.15, 0.2) is 11.0 Å². The van der Waals surface area contributed by atoms with E-state index in [1.165, 1.54) is 20.2 Å². The fourth-order valence-corrected chi connectivity index (χ4v) is 9.10. The summed E-state index contributed by atoms with van der Waals surface area (Å²) in [5, 5.41) is 31.4. The molecule has 0 radical (unpaired) electrons. The number of halogens is 1. The molecule has 14 heteroatoms. The van der Waals surface area contributed by atoms with Gasteiger partial charge in [-0.1, -0.05) is 38.3 Å². The lowest BCUT2D eigenvalue weighted by Crippen LogP contribution is -2.47. The predicted molar refractivity (Wildman–Crippen MR) is 193 cm³/mol. The van der Waals surface area contributed by atoms with E-state index in [0.29, 0.717) is 41.2 Å². The second-order valence-electron chi connectivity index (χ2n) is 15.4. The number of aromatic nitrogens is 5. The second-order valence-corrected chi connectivity index (χ2v) is 17.9. The Labute approximate surface area is 299 Å². The average Bonchev–Trinajstić information content (AvgIpc) is 3.73. The van der Waals surface area contributed by atoms with Crippen molar-refractivity contribution in [3.8, 4) is 11.5 Å². The number of hydrogen-bond acceptors (Lipinski definition) is 10. The van der Waals surface area contributed by atoms with E-state index >= 15 is 0 Å². The molecule has 0 amide bonds. The number of nitrogens with one attached hydrogen (secondary N) is 1. The standard InChI is InChI=1S/C36H50ClN7O5S/c1-35(2,15-9-7-8-10-16-37)24-18-29(45)32-26-17-23(11-12-27(26)36(3,4)48-30(32)19-24)21-44-22-25(39-42-44)20-38-28-13-14-31(50(46,47)43(5)6)34-33(28)40-49-41-34/h13-14,18-19,22-23,26-27,38,45H,7-12,15-17,20-21H2,1-6H3/t23-,26-,27-/m1/s1. The van der Waals surface area contributed by atoms with Crippen molar-refractivity contribution in [1.29, 1.82) is 0 Å². The number of anilines is 1. The van der Waals surface area contributed by atoms with Crippen molar-refractivity contribution in [1.82, 2.24) is 29.6 Å². The summed E-state index contributed by atoms with van der Waals surface area (Å²) in [6.07, 6.45) is 10.4. The maximum Gasteiger partial charge on any atom is 0.244 e. The Kier molecular flexibility index (Phi) is 10.4. The number of nitrogens with zero attached hydrogens (tertiary/aromatic N) is 6. The summed E-state index contributed by atoms with van der Waals surface area (Å²) in [6, 6.07) is 7.32. The molecule has 4 aromatic rings. The molecule has 0 unspecified atom stereocenters. The van der Waals surface area contributed by atoms with Crippen LogP contribution in [0.4, 0.5) is 5.69 Å². The molecule has 0 spiro atoms. The van der Waals surface area contributed by atoms with Crippen LogP contribution in [0.5, 0.6) is 11.5 Å². The molecule has 1 aliphatic carbocycles. The Morgan fingerprint density at radius 2 is 1.86 bits per heavy atom. The number of rotatable bonds is 14. The Balaban J connectivity index is 1.13. The summed E-state index contributed by atoms with van der Waals surface area (Å²) < 4.78 is 40.1. The number of unbranched alkanes of at least 4 members (excludes halogenated alkanes) is 3. The van der Waals surface area contributed by atoms with Crippen LogP contribution in [0, 0.1) is 11.8 Å². The summed E-state index contributed by atoms with van der Waals surface area (Å²) in [6.45, 7) is 9.96. The van der Waals surface area contributed by atoms with Gasteiger partial charge in [0.1, 0.15) is 27.7 Å². The monoisotopic (exact) mass is 727 g/mol. The number of phenols is 1. The molecular weight excluding hydrogens is 678 g/mol. The first-order chi connectivity index (χ1) is 23.7. The Morgan fingerprint density at radius 1 is 1.10 bits per heavy atom. The first-order valence-electron chi connectivity index (χ1n) is 17.6. The molecule has 2 aromatic heterocycles. The molecule has 1 aliphatic heterocycles. The van der Waals surface area contributed by atoms with Crippen LogP contribution in [0.3, 0.4) is 0 Å². The topological polar surface area (TPSA) is 148 Å². The molecule has 50 heavy (non-hydrogen) atoms. The minimum atomic E-state index is -3.72. The van der Waals surface area contributed by atoms with Crippen molar-refractivity contribution in [2.24, 2.45) is 11.8 Å². The first-order valence-corrected chi connectivity index (χ1v) is 19.6. The zero-order chi connectivity index (χ0) is 35.8. The van der Waals surface area contributed by atoms with Gasteiger partial charge in [0.25, 0.3) is 0 Å². The zero-order valence-electron chi connectivity index (χ0n) is 29.9. The maximum absolute atomic E-state index is 12.7. The molecule has 1 saturated carbocycles. The highest BCUT2D eigenvalue weighted by atomic mass is 35.5. The normalized spacial score (nSPS) is 20.4. The van der Waals surface area contributed by atoms with Crippen molar-refractivity contribution in [3.63, 3.8) is 0 Å². The minimum absolute atomic E-state index is 0.0302. The third-order valence-corrected chi connectivity index (χ3v) is 12.9. The Morgan fingerprint density at radius 3 is 2.62 bits per heavy atom. The van der Waals surface area contributed by atoms with Crippen LogP contribution in [0.2, 0.25) is 0 Å². The van der Waals surface area contributed by atoms with Crippen LogP contribution in [0.1, 0.15) is 102 Å². The number of alkyl halides is 1. The molecule has 0 bridgehead atoms. The minimum Gasteiger partial charge on any atom is -0.508 e. The lowest BCUT2D eigenvalue weighted by atomic mass is 9.63. The van der Waals surface area contributed by atoms with Crippen LogP contribution in [0.15, 0.2) is 40.0 Å². The van der Waals surface area contributed by atoms with Gasteiger partial charge in [-0.2, -0.15) is 0 Å². The van der Waals surface area contributed by atoms with Crippen LogP contribution in [-0.4, -0.2) is 68.7 Å². The van der Waals surface area contributed by atoms with Crippen LogP contribution in [-0.2, 0) is 28.5 Å². The highest BCUT2D eigenvalue weighted by molar-refractivity contribution is 7.89. The van der Waals surface area contributed by atoms with Crippen molar-refractivity contribution in [2.45, 2.75) is 114 Å². The molecule has 0 saturated heterocycles. The smallest absolute Gasteiger partial charge is 0.244 e. The van der Waals surface area contributed by atoms with Gasteiger partial charge in [-0.15, -0.1) is 16.7 Å². The van der Waals surface area contributed by atoms with Crippen LogP contribution < -0.4 is 10.1 Å². The molecule has 1 fully saturated rings. The van der Waals surface area contributed by atoms with Gasteiger partial charge in [0.2, 0.25) is 10.0 Å². The number of ether oxygens (including phenoxy) is 1. The predicted octanol–water partition coefficient (Wildman–Crippen LogP) is 7.22. The second kappa shape index (κ2) is 14.3. The third kappa shape index (κ3) is 7.32. The molecule has 2 N–H and O–H groups in total. The van der Waals surface area contributed by atoms with E-state index in [0.717, 1.165) is 84.8 Å². The van der Waals surface area contributed by atoms with Gasteiger partial charge < -0.3 is 15.2 Å². The van der Waals surface area contributed by atoms with Gasteiger partial charge in [0.05, 0.1) is 18.4 Å². The summed E-state index contributed by atoms with van der Waals surface area (Å²) in [4.78, 5) is 0.0302. The van der Waals surface area contributed by atoms with E-state index in [2.05, 4.69) is 59.7 Å². The van der Waals surface area contributed by atoms with Gasteiger partial charge in [-0.3, -0.25) is 4.68 Å². The lowest BCUT2D eigenvalue weighted by molar-refractivity contribution is -0.0178. The fourth-order valence-electron chi connectivity index (χ4n) is 7.90. The Hall–Kier alpha value is -3.42. The van der Waals surface area contributed by atoms with Gasteiger partial charge in [0, 0.05) is 38.0 Å². The van der Waals surface area contributed by atoms with E-state index in [-0.39, 0.29) is 27.3 Å². The number of sulfonamides is 1. The molecule has 2 aliphatic rings. The highest BCUT2D eigenvalue weighted by Gasteiger charge is 2.48. The largest absolute Gasteiger partial charge is 0.508 e. The van der Waals surface area contributed by atoms with E-state index in [4.69, 9.17) is 21.0 Å². The number of hydrogen-bond donors (Lipinski definition) is 2. The zero-order valence-corrected chi connectivity index (χ0v) is 31.5. The molecule has 2 aromatic carbocycles. The van der Waals surface area contributed by atoms with E-state index < -0.39 is 10.0 Å². The fraction of sp³-hybridized carbons (Fsp3) is 0.611. The average molecular weight is 728 g/mol. The van der Waals surface area contributed by atoms with Gasteiger partial charge in [-0.05, 0) is 103 Å². The van der Waals surface area contributed by atoms with E-state index in [9.17, 15) is 13.5 Å². The Bertz CT molecular complexity index is 1920. The molecular formula is C36H50ClN7O5S. The number of fused-ring (bicyclic) bond motifs is 4. The molecule has 12 nitrogen and oxygen atoms in total. The molecule has 3 atom stereocenters. The van der Waals surface area contributed by atoms with E-state index in [1.807, 2.05) is 16.9 Å². The molecule has 3 heterocycles. The summed E-state index contributed by atoms with van der Waals surface area (Å²) in [7, 11) is -0.789. The molecule has 6 rings (SSSR count). The van der Waals surface area contributed by atoms with Crippen LogP contribution in [0.25, 0.3) is 11.0 Å². The lowest BCUT2D eigenvalue weighted by Gasteiger charge is -2.49.